The van der Waals surface area contributed by atoms with Crippen molar-refractivity contribution in [1.82, 2.24) is 24.3 Å². The lowest BCUT2D eigenvalue weighted by Gasteiger charge is -2.38. The average Bonchev–Trinajstić information content (AvgIpc) is 3.32. The van der Waals surface area contributed by atoms with Crippen LogP contribution < -0.4 is 10.6 Å². The van der Waals surface area contributed by atoms with Crippen LogP contribution in [0.3, 0.4) is 0 Å². The highest BCUT2D eigenvalue weighted by molar-refractivity contribution is 5.76. The number of hydrogen-bond acceptors (Lipinski definition) is 6. The second kappa shape index (κ2) is 7.31. The second-order valence-electron chi connectivity index (χ2n) is 8.82. The van der Waals surface area contributed by atoms with Gasteiger partial charge >= 0.3 is 0 Å². The molecule has 3 aromatic rings. The normalized spacial score (nSPS) is 23.1. The zero-order valence-electron chi connectivity index (χ0n) is 18.3. The Labute approximate surface area is 184 Å². The Morgan fingerprint density at radius 2 is 2.09 bits per heavy atom. The number of nitriles is 1. The Balaban J connectivity index is 1.56. The van der Waals surface area contributed by atoms with E-state index in [1.807, 2.05) is 0 Å². The topological polar surface area (TPSA) is 108 Å². The van der Waals surface area contributed by atoms with Crippen LogP contribution in [0.15, 0.2) is 18.3 Å². The Morgan fingerprint density at radius 3 is 2.81 bits per heavy atom. The smallest absolute Gasteiger partial charge is 0.231 e. The zero-order valence-corrected chi connectivity index (χ0v) is 18.3. The highest BCUT2D eigenvalue weighted by Gasteiger charge is 2.38. The van der Waals surface area contributed by atoms with E-state index in [4.69, 9.17) is 10.8 Å². The molecule has 3 aromatic heterocycles. The molecular formula is C22H25FN8O. The number of aromatic nitrogens is 4. The fourth-order valence-electron chi connectivity index (χ4n) is 5.25. The highest BCUT2D eigenvalue weighted by atomic mass is 19.1. The van der Waals surface area contributed by atoms with Gasteiger partial charge in [0.1, 0.15) is 17.3 Å². The molecule has 0 bridgehead atoms. The van der Waals surface area contributed by atoms with Gasteiger partial charge in [0.05, 0.1) is 48.4 Å². The molecule has 32 heavy (non-hydrogen) atoms. The van der Waals surface area contributed by atoms with Crippen molar-refractivity contribution in [3.63, 3.8) is 0 Å². The Morgan fingerprint density at radius 1 is 1.31 bits per heavy atom. The molecule has 9 nitrogen and oxygen atoms in total. The van der Waals surface area contributed by atoms with Gasteiger partial charge in [-0.05, 0) is 39.3 Å². The fraction of sp³-hybridized carbons (Fsp3) is 0.455. The number of amides is 1. The monoisotopic (exact) mass is 436 g/mol. The zero-order chi connectivity index (χ0) is 22.7. The Bertz CT molecular complexity index is 1270. The highest BCUT2D eigenvalue weighted by Crippen LogP contribution is 2.38. The molecule has 2 aliphatic heterocycles. The van der Waals surface area contributed by atoms with Gasteiger partial charge in [-0.1, -0.05) is 0 Å². The molecule has 0 radical (unpaired) electrons. The van der Waals surface area contributed by atoms with Crippen LogP contribution in [-0.2, 0) is 17.8 Å². The van der Waals surface area contributed by atoms with E-state index in [0.29, 0.717) is 24.3 Å². The van der Waals surface area contributed by atoms with Gasteiger partial charge in [-0.3, -0.25) is 14.4 Å². The molecule has 0 saturated carbocycles. The summed E-state index contributed by atoms with van der Waals surface area (Å²) in [6.45, 7) is 7.68. The quantitative estimate of drug-likeness (QED) is 0.672. The molecule has 2 N–H and O–H groups in total. The van der Waals surface area contributed by atoms with E-state index < -0.39 is 5.82 Å². The molecule has 0 unspecified atom stereocenters. The van der Waals surface area contributed by atoms with Crippen LogP contribution in [-0.4, -0.2) is 49.3 Å². The summed E-state index contributed by atoms with van der Waals surface area (Å²) in [6.07, 6.45) is 1.92. The van der Waals surface area contributed by atoms with Gasteiger partial charge in [0.2, 0.25) is 5.91 Å². The minimum atomic E-state index is -0.449. The largest absolute Gasteiger partial charge is 0.369 e. The van der Waals surface area contributed by atoms with Crippen molar-refractivity contribution in [3.05, 3.63) is 46.8 Å². The molecule has 166 valence electrons. The van der Waals surface area contributed by atoms with E-state index in [9.17, 15) is 14.4 Å². The number of anilines is 1. The molecule has 2 aliphatic rings. The third-order valence-electron chi connectivity index (χ3n) is 6.74. The summed E-state index contributed by atoms with van der Waals surface area (Å²) in [5.41, 5.74) is 10.1. The van der Waals surface area contributed by atoms with Crippen molar-refractivity contribution in [2.24, 2.45) is 5.73 Å². The van der Waals surface area contributed by atoms with Gasteiger partial charge in [-0.2, -0.15) is 15.5 Å². The summed E-state index contributed by atoms with van der Waals surface area (Å²) in [6, 6.07) is 5.73. The van der Waals surface area contributed by atoms with Crippen molar-refractivity contribution < 1.29 is 9.18 Å². The summed E-state index contributed by atoms with van der Waals surface area (Å²) >= 11 is 0. The first kappa shape index (κ1) is 20.5. The van der Waals surface area contributed by atoms with E-state index in [0.717, 1.165) is 24.0 Å². The van der Waals surface area contributed by atoms with Gasteiger partial charge in [-0.25, -0.2) is 8.91 Å². The van der Waals surface area contributed by atoms with Gasteiger partial charge in [0, 0.05) is 18.2 Å². The SMILES string of the molecule is C[C@@H]1Cc2c(nn3c2CN(c2ccc(C#N)n4ncc(F)c24)C[C@H]3C)[C@H](C)N1CC(N)=O. The maximum atomic E-state index is 14.7. The maximum Gasteiger partial charge on any atom is 0.231 e. The molecule has 5 rings (SSSR count). The minimum absolute atomic E-state index is 0.0195. The van der Waals surface area contributed by atoms with Crippen LogP contribution in [0.25, 0.3) is 5.52 Å². The van der Waals surface area contributed by atoms with E-state index in [1.54, 1.807) is 12.1 Å². The van der Waals surface area contributed by atoms with Crippen LogP contribution in [0.4, 0.5) is 10.1 Å². The van der Waals surface area contributed by atoms with Crippen molar-refractivity contribution in [3.8, 4) is 6.07 Å². The maximum absolute atomic E-state index is 14.7. The van der Waals surface area contributed by atoms with Crippen LogP contribution in [0.2, 0.25) is 0 Å². The summed E-state index contributed by atoms with van der Waals surface area (Å²) in [5.74, 6) is -0.793. The van der Waals surface area contributed by atoms with Gasteiger partial charge < -0.3 is 10.6 Å². The number of primary amides is 1. The van der Waals surface area contributed by atoms with E-state index in [1.165, 1.54) is 10.1 Å². The molecule has 10 heteroatoms. The van der Waals surface area contributed by atoms with Gasteiger partial charge in [0.15, 0.2) is 5.82 Å². The predicted molar refractivity (Wildman–Crippen MR) is 115 cm³/mol. The molecule has 1 amide bonds. The Hall–Kier alpha value is -3.45. The first-order valence-corrected chi connectivity index (χ1v) is 10.8. The lowest BCUT2D eigenvalue weighted by Crippen LogP contribution is -2.45. The molecule has 0 aliphatic carbocycles. The van der Waals surface area contributed by atoms with Crippen molar-refractivity contribution in [2.75, 3.05) is 18.0 Å². The second-order valence-corrected chi connectivity index (χ2v) is 8.82. The fourth-order valence-corrected chi connectivity index (χ4v) is 5.25. The summed E-state index contributed by atoms with van der Waals surface area (Å²) < 4.78 is 18.1. The third-order valence-corrected chi connectivity index (χ3v) is 6.74. The first-order chi connectivity index (χ1) is 15.3. The number of halogens is 1. The summed E-state index contributed by atoms with van der Waals surface area (Å²) in [4.78, 5) is 15.8. The molecule has 0 spiro atoms. The summed E-state index contributed by atoms with van der Waals surface area (Å²) in [5, 5.41) is 18.3. The minimum Gasteiger partial charge on any atom is -0.369 e. The number of hydrogen-bond donors (Lipinski definition) is 1. The van der Waals surface area contributed by atoms with Crippen molar-refractivity contribution in [1.29, 1.82) is 5.26 Å². The van der Waals surface area contributed by atoms with E-state index >= 15 is 0 Å². The Kier molecular flexibility index (Phi) is 4.67. The first-order valence-electron chi connectivity index (χ1n) is 10.8. The van der Waals surface area contributed by atoms with Gasteiger partial charge in [-0.15, -0.1) is 0 Å². The standard InChI is InChI=1S/C22H25FN8O/c1-12-6-16-19-10-28(18-5-4-15(7-24)31-22(18)17(23)8-26-31)9-13(2)30(19)27-21(16)14(3)29(12)11-20(25)32/h4-5,8,12-14H,6,9-11H2,1-3H3,(H2,25,32)/t12-,13-,14+/m1/s1. The third kappa shape index (κ3) is 2.96. The van der Waals surface area contributed by atoms with Crippen LogP contribution >= 0.6 is 0 Å². The number of carbonyl (C=O) groups excluding carboxylic acids is 1. The van der Waals surface area contributed by atoms with Gasteiger partial charge in [0.25, 0.3) is 0 Å². The van der Waals surface area contributed by atoms with E-state index in [2.05, 4.69) is 46.4 Å². The molecule has 0 aromatic carbocycles. The van der Waals surface area contributed by atoms with Crippen LogP contribution in [0.1, 0.15) is 55.5 Å². The number of rotatable bonds is 3. The predicted octanol–water partition coefficient (Wildman–Crippen LogP) is 1.92. The lowest BCUT2D eigenvalue weighted by atomic mass is 9.92. The van der Waals surface area contributed by atoms with Crippen LogP contribution in [0.5, 0.6) is 0 Å². The number of carbonyl (C=O) groups is 1. The van der Waals surface area contributed by atoms with E-state index in [-0.39, 0.29) is 36.3 Å². The van der Waals surface area contributed by atoms with Crippen molar-refractivity contribution >= 4 is 17.1 Å². The lowest BCUT2D eigenvalue weighted by molar-refractivity contribution is -0.120. The number of nitrogens with two attached hydrogens (primary N) is 1. The average molecular weight is 436 g/mol. The van der Waals surface area contributed by atoms with Crippen LogP contribution in [0, 0.1) is 17.1 Å². The molecule has 0 fully saturated rings. The number of fused-ring (bicyclic) bond motifs is 4. The molecule has 0 saturated heterocycles. The van der Waals surface area contributed by atoms with Crippen molar-refractivity contribution in [2.45, 2.75) is 51.9 Å². The number of nitrogens with zero attached hydrogens (tertiary/aromatic N) is 7. The molecule has 5 heterocycles. The summed E-state index contributed by atoms with van der Waals surface area (Å²) in [7, 11) is 0. The number of pyridine rings is 1. The molecular weight excluding hydrogens is 411 g/mol. The molecule has 3 atom stereocenters.